The molecule has 1 amide bonds. The van der Waals surface area contributed by atoms with Crippen molar-refractivity contribution >= 4 is 5.91 Å². The Bertz CT molecular complexity index is 987. The Hall–Kier alpha value is -2.90. The molecule has 0 aromatic carbocycles. The van der Waals surface area contributed by atoms with Crippen LogP contribution < -0.4 is 5.32 Å². The third-order valence-electron chi connectivity index (χ3n) is 4.97. The number of nitrogens with one attached hydrogen (secondary N) is 2. The van der Waals surface area contributed by atoms with Gasteiger partial charge in [0.1, 0.15) is 5.69 Å². The van der Waals surface area contributed by atoms with Gasteiger partial charge in [-0.3, -0.25) is 14.6 Å². The summed E-state index contributed by atoms with van der Waals surface area (Å²) in [5, 5.41) is 18.5. The molecule has 8 nitrogen and oxygen atoms in total. The Labute approximate surface area is 163 Å². The van der Waals surface area contributed by atoms with E-state index < -0.39 is 0 Å². The van der Waals surface area contributed by atoms with Gasteiger partial charge in [0.2, 0.25) is 0 Å². The number of carbonyl (C=O) groups excluding carboxylic acids is 1. The second kappa shape index (κ2) is 6.92. The van der Waals surface area contributed by atoms with Crippen LogP contribution in [0.1, 0.15) is 67.1 Å². The zero-order chi connectivity index (χ0) is 19.9. The van der Waals surface area contributed by atoms with Gasteiger partial charge in [0.15, 0.2) is 5.76 Å². The van der Waals surface area contributed by atoms with Gasteiger partial charge < -0.3 is 9.84 Å². The number of aromatic nitrogens is 5. The van der Waals surface area contributed by atoms with Gasteiger partial charge in [-0.05, 0) is 25.8 Å². The molecule has 28 heavy (non-hydrogen) atoms. The van der Waals surface area contributed by atoms with E-state index in [-0.39, 0.29) is 11.3 Å². The van der Waals surface area contributed by atoms with Crippen LogP contribution in [0.3, 0.4) is 0 Å². The van der Waals surface area contributed by atoms with E-state index in [0.29, 0.717) is 24.7 Å². The number of hydrogen-bond donors (Lipinski definition) is 2. The lowest BCUT2D eigenvalue weighted by Gasteiger charge is -2.14. The molecule has 148 valence electrons. The van der Waals surface area contributed by atoms with Crippen molar-refractivity contribution in [3.63, 3.8) is 0 Å². The van der Waals surface area contributed by atoms with Crippen LogP contribution in [-0.4, -0.2) is 37.6 Å². The minimum Gasteiger partial charge on any atom is -0.356 e. The first kappa shape index (κ1) is 18.5. The van der Waals surface area contributed by atoms with E-state index in [1.165, 1.54) is 5.69 Å². The number of nitrogens with zero attached hydrogens (tertiary/aromatic N) is 4. The summed E-state index contributed by atoms with van der Waals surface area (Å²) in [6, 6.07) is 3.74. The fourth-order valence-electron chi connectivity index (χ4n) is 3.23. The van der Waals surface area contributed by atoms with Crippen molar-refractivity contribution in [2.24, 2.45) is 0 Å². The predicted octanol–water partition coefficient (Wildman–Crippen LogP) is 3.17. The zero-order valence-electron chi connectivity index (χ0n) is 16.7. The summed E-state index contributed by atoms with van der Waals surface area (Å²) in [7, 11) is 0. The van der Waals surface area contributed by atoms with Crippen LogP contribution in [0.25, 0.3) is 11.3 Å². The summed E-state index contributed by atoms with van der Waals surface area (Å²) in [4.78, 5) is 12.4. The maximum absolute atomic E-state index is 12.4. The number of aryl methyl sites for hydroxylation is 1. The van der Waals surface area contributed by atoms with Crippen LogP contribution in [0.15, 0.2) is 22.9 Å². The summed E-state index contributed by atoms with van der Waals surface area (Å²) in [5.41, 5.74) is 4.29. The van der Waals surface area contributed by atoms with Crippen molar-refractivity contribution in [1.82, 2.24) is 30.5 Å². The van der Waals surface area contributed by atoms with Crippen molar-refractivity contribution in [3.05, 3.63) is 41.1 Å². The third kappa shape index (κ3) is 3.72. The molecule has 1 fully saturated rings. The lowest BCUT2D eigenvalue weighted by molar-refractivity contribution is 0.0947. The van der Waals surface area contributed by atoms with Gasteiger partial charge in [0, 0.05) is 29.6 Å². The van der Waals surface area contributed by atoms with Gasteiger partial charge in [-0.25, -0.2) is 0 Å². The van der Waals surface area contributed by atoms with E-state index >= 15 is 0 Å². The van der Waals surface area contributed by atoms with Crippen molar-refractivity contribution in [3.8, 4) is 11.3 Å². The van der Waals surface area contributed by atoms with Gasteiger partial charge in [-0.2, -0.15) is 10.2 Å². The minimum absolute atomic E-state index is 0.0742. The van der Waals surface area contributed by atoms with E-state index in [1.54, 1.807) is 0 Å². The average Bonchev–Trinajstić information content (AvgIpc) is 3.05. The Kier molecular flexibility index (Phi) is 4.56. The molecule has 0 unspecified atom stereocenters. The summed E-state index contributed by atoms with van der Waals surface area (Å²) >= 11 is 0. The molecule has 4 rings (SSSR count). The van der Waals surface area contributed by atoms with Crippen molar-refractivity contribution in [1.29, 1.82) is 0 Å². The van der Waals surface area contributed by atoms with Crippen LogP contribution in [0.4, 0.5) is 0 Å². The van der Waals surface area contributed by atoms with Gasteiger partial charge >= 0.3 is 0 Å². The highest BCUT2D eigenvalue weighted by atomic mass is 16.5. The molecular weight excluding hydrogens is 356 g/mol. The SMILES string of the molecule is Cc1cc(-c2cnn(CCNC(=O)c3cc(C(C)(C)C)[nH]n3)c2C2CC2)on1. The van der Waals surface area contributed by atoms with Gasteiger partial charge in [-0.15, -0.1) is 0 Å². The zero-order valence-corrected chi connectivity index (χ0v) is 16.7. The van der Waals surface area contributed by atoms with Crippen molar-refractivity contribution < 1.29 is 9.32 Å². The highest BCUT2D eigenvalue weighted by Crippen LogP contribution is 2.44. The molecule has 0 atom stereocenters. The summed E-state index contributed by atoms with van der Waals surface area (Å²) < 4.78 is 7.40. The lowest BCUT2D eigenvalue weighted by atomic mass is 9.92. The minimum atomic E-state index is -0.182. The molecule has 0 radical (unpaired) electrons. The first-order valence-electron chi connectivity index (χ1n) is 9.66. The fraction of sp³-hybridized carbons (Fsp3) is 0.500. The lowest BCUT2D eigenvalue weighted by Crippen LogP contribution is -2.28. The van der Waals surface area contributed by atoms with Gasteiger partial charge in [-0.1, -0.05) is 25.9 Å². The summed E-state index contributed by atoms with van der Waals surface area (Å²) in [6.07, 6.45) is 4.14. The van der Waals surface area contributed by atoms with Crippen LogP contribution in [0, 0.1) is 6.92 Å². The molecule has 0 aliphatic heterocycles. The number of H-pyrrole nitrogens is 1. The molecule has 0 spiro atoms. The molecule has 3 aromatic heterocycles. The third-order valence-corrected chi connectivity index (χ3v) is 4.97. The van der Waals surface area contributed by atoms with Crippen LogP contribution >= 0.6 is 0 Å². The Morgan fingerprint density at radius 2 is 2.14 bits per heavy atom. The van der Waals surface area contributed by atoms with E-state index in [0.717, 1.165) is 35.6 Å². The standard InChI is InChI=1S/C20H26N6O2/c1-12-9-16(28-25-12)14-11-22-26(18(14)13-5-6-13)8-7-21-19(27)15-10-17(24-23-15)20(2,3)4/h9-11,13H,5-8H2,1-4H3,(H,21,27)(H,23,24). The molecule has 1 aliphatic rings. The summed E-state index contributed by atoms with van der Waals surface area (Å²) in [6.45, 7) is 9.21. The average molecular weight is 382 g/mol. The molecule has 3 aromatic rings. The number of hydrogen-bond acceptors (Lipinski definition) is 5. The predicted molar refractivity (Wildman–Crippen MR) is 104 cm³/mol. The molecule has 2 N–H and O–H groups in total. The first-order valence-corrected chi connectivity index (χ1v) is 9.66. The number of amides is 1. The second-order valence-electron chi connectivity index (χ2n) is 8.45. The Morgan fingerprint density at radius 3 is 2.75 bits per heavy atom. The van der Waals surface area contributed by atoms with Gasteiger partial charge in [0.25, 0.3) is 5.91 Å². The van der Waals surface area contributed by atoms with Crippen LogP contribution in [0.5, 0.6) is 0 Å². The molecule has 3 heterocycles. The van der Waals surface area contributed by atoms with Crippen molar-refractivity contribution in [2.45, 2.75) is 58.4 Å². The van der Waals surface area contributed by atoms with E-state index in [9.17, 15) is 4.79 Å². The highest BCUT2D eigenvalue weighted by Gasteiger charge is 2.31. The smallest absolute Gasteiger partial charge is 0.271 e. The van der Waals surface area contributed by atoms with E-state index in [2.05, 4.69) is 46.5 Å². The molecule has 8 heteroatoms. The quantitative estimate of drug-likeness (QED) is 0.682. The Balaban J connectivity index is 1.42. The van der Waals surface area contributed by atoms with Crippen molar-refractivity contribution in [2.75, 3.05) is 6.54 Å². The van der Waals surface area contributed by atoms with Gasteiger partial charge in [0.05, 0.1) is 29.7 Å². The summed E-state index contributed by atoms with van der Waals surface area (Å²) in [5.74, 6) is 1.07. The fourth-order valence-corrected chi connectivity index (χ4v) is 3.23. The molecule has 0 saturated heterocycles. The number of carbonyl (C=O) groups is 1. The Morgan fingerprint density at radius 1 is 1.36 bits per heavy atom. The normalized spacial score (nSPS) is 14.4. The number of rotatable bonds is 6. The number of aromatic amines is 1. The largest absolute Gasteiger partial charge is 0.356 e. The molecular formula is C20H26N6O2. The highest BCUT2D eigenvalue weighted by molar-refractivity contribution is 5.92. The monoisotopic (exact) mass is 382 g/mol. The first-order chi connectivity index (χ1) is 13.3. The molecule has 1 aliphatic carbocycles. The molecule has 1 saturated carbocycles. The topological polar surface area (TPSA) is 102 Å². The second-order valence-corrected chi connectivity index (χ2v) is 8.45. The van der Waals surface area contributed by atoms with Crippen LogP contribution in [0.2, 0.25) is 0 Å². The van der Waals surface area contributed by atoms with E-state index in [1.807, 2.05) is 29.9 Å². The van der Waals surface area contributed by atoms with Crippen LogP contribution in [-0.2, 0) is 12.0 Å². The maximum Gasteiger partial charge on any atom is 0.271 e. The molecule has 0 bridgehead atoms. The maximum atomic E-state index is 12.4. The van der Waals surface area contributed by atoms with E-state index in [4.69, 9.17) is 4.52 Å².